The van der Waals surface area contributed by atoms with Crippen molar-refractivity contribution in [2.24, 2.45) is 0 Å². The van der Waals surface area contributed by atoms with Crippen LogP contribution in [0, 0.1) is 13.8 Å². The molecule has 3 aromatic rings. The molecule has 0 aliphatic heterocycles. The molecule has 0 bridgehead atoms. The van der Waals surface area contributed by atoms with E-state index in [2.05, 4.69) is 20.4 Å². The largest absolute Gasteiger partial charge is 0.416 e. The number of anilines is 1. The minimum atomic E-state index is -4.46. The molecule has 2 aromatic heterocycles. The van der Waals surface area contributed by atoms with E-state index in [9.17, 15) is 18.3 Å². The van der Waals surface area contributed by atoms with E-state index < -0.39 is 17.8 Å². The molecule has 0 fully saturated rings. The fourth-order valence-electron chi connectivity index (χ4n) is 2.46. The number of rotatable bonds is 4. The Bertz CT molecular complexity index is 908. The van der Waals surface area contributed by atoms with E-state index in [4.69, 9.17) is 4.52 Å². The third-order valence-electron chi connectivity index (χ3n) is 3.68. The Kier molecular flexibility index (Phi) is 4.34. The van der Waals surface area contributed by atoms with Crippen LogP contribution >= 0.6 is 0 Å². The first-order chi connectivity index (χ1) is 11.8. The predicted molar refractivity (Wildman–Crippen MR) is 84.0 cm³/mol. The number of halogens is 3. The van der Waals surface area contributed by atoms with Crippen LogP contribution < -0.4 is 5.32 Å². The monoisotopic (exact) mass is 352 g/mol. The lowest BCUT2D eigenvalue weighted by atomic mass is 10.1. The first kappa shape index (κ1) is 17.2. The molecule has 2 N–H and O–H groups in total. The van der Waals surface area contributed by atoms with Gasteiger partial charge in [-0.05, 0) is 31.5 Å². The Morgan fingerprint density at radius 1 is 1.24 bits per heavy atom. The van der Waals surface area contributed by atoms with Crippen LogP contribution in [0.3, 0.4) is 0 Å². The highest BCUT2D eigenvalue weighted by Crippen LogP contribution is 2.31. The second-order valence-corrected chi connectivity index (χ2v) is 5.59. The standard InChI is InChI=1S/C16H15F3N4O2/c1-8-13-14(21-9(2)22-15(13)25-23-8)20-7-12(24)10-4-3-5-11(6-10)16(17,18)19/h3-6,12,24H,7H2,1-2H3,(H,20,21,22)/t12-/m1/s1. The zero-order chi connectivity index (χ0) is 18.2. The number of benzene rings is 1. The third kappa shape index (κ3) is 3.55. The summed E-state index contributed by atoms with van der Waals surface area (Å²) in [5, 5.41) is 17.5. The molecule has 9 heteroatoms. The van der Waals surface area contributed by atoms with E-state index in [1.54, 1.807) is 13.8 Å². The smallest absolute Gasteiger partial charge is 0.387 e. The van der Waals surface area contributed by atoms with Crippen molar-refractivity contribution in [2.45, 2.75) is 26.1 Å². The molecule has 0 radical (unpaired) electrons. The van der Waals surface area contributed by atoms with Crippen LogP contribution in [-0.4, -0.2) is 26.8 Å². The van der Waals surface area contributed by atoms with Gasteiger partial charge in [-0.2, -0.15) is 18.2 Å². The minimum absolute atomic E-state index is 0.0303. The number of aromatic nitrogens is 3. The highest BCUT2D eigenvalue weighted by Gasteiger charge is 2.30. The fraction of sp³-hybridized carbons (Fsp3) is 0.312. The maximum Gasteiger partial charge on any atom is 0.416 e. The molecule has 0 spiro atoms. The first-order valence-electron chi connectivity index (χ1n) is 7.45. The summed E-state index contributed by atoms with van der Waals surface area (Å²) < 4.78 is 43.4. The average molecular weight is 352 g/mol. The number of hydrogen-bond acceptors (Lipinski definition) is 6. The van der Waals surface area contributed by atoms with Crippen molar-refractivity contribution in [1.82, 2.24) is 15.1 Å². The minimum Gasteiger partial charge on any atom is -0.387 e. The van der Waals surface area contributed by atoms with Crippen molar-refractivity contribution < 1.29 is 22.8 Å². The third-order valence-corrected chi connectivity index (χ3v) is 3.68. The van der Waals surface area contributed by atoms with Crippen molar-refractivity contribution >= 4 is 16.9 Å². The fourth-order valence-corrected chi connectivity index (χ4v) is 2.46. The lowest BCUT2D eigenvalue weighted by Crippen LogP contribution is -2.15. The summed E-state index contributed by atoms with van der Waals surface area (Å²) in [6, 6.07) is 4.59. The van der Waals surface area contributed by atoms with Gasteiger partial charge in [0, 0.05) is 6.54 Å². The molecule has 6 nitrogen and oxygen atoms in total. The molecular formula is C16H15F3N4O2. The molecule has 0 aliphatic rings. The number of aryl methyl sites for hydroxylation is 2. The zero-order valence-corrected chi connectivity index (χ0v) is 13.4. The summed E-state index contributed by atoms with van der Waals surface area (Å²) in [7, 11) is 0. The van der Waals surface area contributed by atoms with E-state index in [1.807, 2.05) is 0 Å². The summed E-state index contributed by atoms with van der Waals surface area (Å²) in [6.07, 6.45) is -5.61. The lowest BCUT2D eigenvalue weighted by Gasteiger charge is -2.15. The normalized spacial score (nSPS) is 13.2. The Morgan fingerprint density at radius 2 is 2.00 bits per heavy atom. The molecule has 0 amide bonds. The molecular weight excluding hydrogens is 337 g/mol. The van der Waals surface area contributed by atoms with Crippen LogP contribution in [-0.2, 0) is 6.18 Å². The van der Waals surface area contributed by atoms with E-state index in [0.717, 1.165) is 12.1 Å². The van der Waals surface area contributed by atoms with E-state index in [1.165, 1.54) is 12.1 Å². The molecule has 0 saturated heterocycles. The van der Waals surface area contributed by atoms with Crippen LogP contribution in [0.5, 0.6) is 0 Å². The summed E-state index contributed by atoms with van der Waals surface area (Å²) in [5.41, 5.74) is 0.234. The zero-order valence-electron chi connectivity index (χ0n) is 13.4. The first-order valence-corrected chi connectivity index (χ1v) is 7.45. The lowest BCUT2D eigenvalue weighted by molar-refractivity contribution is -0.137. The predicted octanol–water partition coefficient (Wildman–Crippen LogP) is 3.40. The number of nitrogens with zero attached hydrogens (tertiary/aromatic N) is 3. The Hall–Kier alpha value is -2.68. The second kappa shape index (κ2) is 6.32. The van der Waals surface area contributed by atoms with Gasteiger partial charge in [-0.3, -0.25) is 0 Å². The van der Waals surface area contributed by atoms with Crippen molar-refractivity contribution in [2.75, 3.05) is 11.9 Å². The molecule has 0 unspecified atom stereocenters. The number of aliphatic hydroxyl groups excluding tert-OH is 1. The molecule has 3 rings (SSSR count). The highest BCUT2D eigenvalue weighted by molar-refractivity contribution is 5.87. The van der Waals surface area contributed by atoms with Gasteiger partial charge in [0.25, 0.3) is 5.71 Å². The summed E-state index contributed by atoms with van der Waals surface area (Å²) >= 11 is 0. The average Bonchev–Trinajstić information content (AvgIpc) is 2.92. The molecule has 132 valence electrons. The highest BCUT2D eigenvalue weighted by atomic mass is 19.4. The Morgan fingerprint density at radius 3 is 2.72 bits per heavy atom. The molecule has 25 heavy (non-hydrogen) atoms. The van der Waals surface area contributed by atoms with Gasteiger partial charge in [0.1, 0.15) is 17.0 Å². The van der Waals surface area contributed by atoms with Crippen LogP contribution in [0.25, 0.3) is 11.1 Å². The van der Waals surface area contributed by atoms with Crippen LogP contribution in [0.2, 0.25) is 0 Å². The topological polar surface area (TPSA) is 84.1 Å². The van der Waals surface area contributed by atoms with Gasteiger partial charge in [-0.15, -0.1) is 0 Å². The van der Waals surface area contributed by atoms with Gasteiger partial charge in [-0.1, -0.05) is 17.3 Å². The number of hydrogen-bond donors (Lipinski definition) is 2. The molecule has 0 aliphatic carbocycles. The van der Waals surface area contributed by atoms with Crippen LogP contribution in [0.4, 0.5) is 19.0 Å². The van der Waals surface area contributed by atoms with Gasteiger partial charge >= 0.3 is 6.18 Å². The van der Waals surface area contributed by atoms with Crippen molar-refractivity contribution in [3.63, 3.8) is 0 Å². The van der Waals surface area contributed by atoms with Crippen LogP contribution in [0.15, 0.2) is 28.8 Å². The van der Waals surface area contributed by atoms with Gasteiger partial charge in [-0.25, -0.2) is 4.98 Å². The maximum atomic E-state index is 12.8. The van der Waals surface area contributed by atoms with Crippen LogP contribution in [0.1, 0.15) is 28.7 Å². The SMILES string of the molecule is Cc1nc(NC[C@@H](O)c2cccc(C(F)(F)F)c2)c2c(C)noc2n1. The van der Waals surface area contributed by atoms with Gasteiger partial charge in [0.05, 0.1) is 17.4 Å². The number of fused-ring (bicyclic) bond motifs is 1. The van der Waals surface area contributed by atoms with Gasteiger partial charge in [0.2, 0.25) is 0 Å². The van der Waals surface area contributed by atoms with Gasteiger partial charge < -0.3 is 14.9 Å². The van der Waals surface area contributed by atoms with E-state index in [0.29, 0.717) is 28.4 Å². The molecule has 2 heterocycles. The maximum absolute atomic E-state index is 12.8. The Balaban J connectivity index is 1.81. The van der Waals surface area contributed by atoms with E-state index in [-0.39, 0.29) is 12.1 Å². The number of aliphatic hydroxyl groups is 1. The summed E-state index contributed by atoms with van der Waals surface area (Å²) in [6.45, 7) is 3.36. The van der Waals surface area contributed by atoms with Crippen molar-refractivity contribution in [1.29, 1.82) is 0 Å². The quantitative estimate of drug-likeness (QED) is 0.749. The Labute approximate surface area is 140 Å². The molecule has 0 saturated carbocycles. The molecule has 1 atom stereocenters. The van der Waals surface area contributed by atoms with Crippen molar-refractivity contribution in [3.8, 4) is 0 Å². The van der Waals surface area contributed by atoms with Crippen molar-refractivity contribution in [3.05, 3.63) is 46.9 Å². The van der Waals surface area contributed by atoms with Gasteiger partial charge in [0.15, 0.2) is 0 Å². The summed E-state index contributed by atoms with van der Waals surface area (Å²) in [5.74, 6) is 0.854. The second-order valence-electron chi connectivity index (χ2n) is 5.59. The number of nitrogens with one attached hydrogen (secondary N) is 1. The summed E-state index contributed by atoms with van der Waals surface area (Å²) in [4.78, 5) is 8.36. The molecule has 1 aromatic carbocycles. The van der Waals surface area contributed by atoms with E-state index >= 15 is 0 Å². The number of alkyl halides is 3.